The molecule has 5 nitrogen and oxygen atoms in total. The average Bonchev–Trinajstić information content (AvgIpc) is 2.33. The van der Waals surface area contributed by atoms with Gasteiger partial charge >= 0.3 is 5.97 Å². The second kappa shape index (κ2) is 6.52. The Kier molecular flexibility index (Phi) is 5.00. The third-order valence-electron chi connectivity index (χ3n) is 2.03. The van der Waals surface area contributed by atoms with Gasteiger partial charge in [0.1, 0.15) is 0 Å². The molecule has 0 atom stereocenters. The Morgan fingerprint density at radius 1 is 1.41 bits per heavy atom. The predicted octanol–water partition coefficient (Wildman–Crippen LogP) is 0.952. The molecule has 0 aromatic heterocycles. The number of nitrogens with two attached hydrogens (primary N) is 1. The first kappa shape index (κ1) is 13.0. The van der Waals surface area contributed by atoms with Gasteiger partial charge in [0, 0.05) is 12.2 Å². The highest BCUT2D eigenvalue weighted by atomic mass is 16.5. The van der Waals surface area contributed by atoms with Crippen molar-refractivity contribution >= 4 is 17.6 Å². The van der Waals surface area contributed by atoms with E-state index < -0.39 is 5.97 Å². The largest absolute Gasteiger partial charge is 0.452 e. The predicted molar refractivity (Wildman–Crippen MR) is 64.4 cm³/mol. The minimum absolute atomic E-state index is 0.270. The van der Waals surface area contributed by atoms with Crippen molar-refractivity contribution in [3.8, 4) is 0 Å². The van der Waals surface area contributed by atoms with Gasteiger partial charge in [-0.3, -0.25) is 4.79 Å². The van der Waals surface area contributed by atoms with Crippen LogP contribution in [0, 0.1) is 0 Å². The molecule has 0 saturated heterocycles. The Morgan fingerprint density at radius 2 is 2.18 bits per heavy atom. The zero-order valence-electron chi connectivity index (χ0n) is 9.73. The minimum Gasteiger partial charge on any atom is -0.452 e. The third-order valence-corrected chi connectivity index (χ3v) is 2.03. The molecule has 0 radical (unpaired) electrons. The van der Waals surface area contributed by atoms with E-state index in [-0.39, 0.29) is 12.5 Å². The molecule has 0 fully saturated rings. The summed E-state index contributed by atoms with van der Waals surface area (Å²) in [5.74, 6) is -0.854. The molecule has 1 amide bonds. The Morgan fingerprint density at radius 3 is 2.82 bits per heavy atom. The van der Waals surface area contributed by atoms with Crippen LogP contribution in [0.4, 0.5) is 5.69 Å². The number of hydrogen-bond donors (Lipinski definition) is 2. The molecule has 0 unspecified atom stereocenters. The number of rotatable bonds is 5. The maximum atomic E-state index is 11.5. The lowest BCUT2D eigenvalue weighted by atomic mass is 10.2. The van der Waals surface area contributed by atoms with Crippen LogP contribution in [0.3, 0.4) is 0 Å². The molecule has 1 aromatic rings. The Balaban J connectivity index is 2.42. The molecule has 0 heterocycles. The van der Waals surface area contributed by atoms with E-state index in [0.717, 1.165) is 6.42 Å². The number of nitrogen functional groups attached to an aromatic ring is 1. The maximum Gasteiger partial charge on any atom is 0.338 e. The fourth-order valence-electron chi connectivity index (χ4n) is 1.20. The number of carbonyl (C=O) groups excluding carboxylic acids is 2. The molecule has 3 N–H and O–H groups in total. The van der Waals surface area contributed by atoms with Crippen molar-refractivity contribution in [3.63, 3.8) is 0 Å². The van der Waals surface area contributed by atoms with Crippen molar-refractivity contribution in [3.05, 3.63) is 29.8 Å². The number of esters is 1. The fraction of sp³-hybridized carbons (Fsp3) is 0.333. The summed E-state index contributed by atoms with van der Waals surface area (Å²) >= 11 is 0. The van der Waals surface area contributed by atoms with Gasteiger partial charge in [0.2, 0.25) is 0 Å². The van der Waals surface area contributed by atoms with Crippen LogP contribution in [0.5, 0.6) is 0 Å². The van der Waals surface area contributed by atoms with Gasteiger partial charge in [0.25, 0.3) is 5.91 Å². The van der Waals surface area contributed by atoms with Crippen LogP contribution in [-0.2, 0) is 9.53 Å². The Hall–Kier alpha value is -2.04. The van der Waals surface area contributed by atoms with Crippen LogP contribution in [0.15, 0.2) is 24.3 Å². The lowest BCUT2D eigenvalue weighted by Gasteiger charge is -2.05. The Labute approximate surface area is 99.9 Å². The summed E-state index contributed by atoms with van der Waals surface area (Å²) in [4.78, 5) is 22.7. The minimum atomic E-state index is -0.552. The van der Waals surface area contributed by atoms with Gasteiger partial charge < -0.3 is 15.8 Å². The molecule has 0 aliphatic heterocycles. The summed E-state index contributed by atoms with van der Waals surface area (Å²) in [7, 11) is 0. The topological polar surface area (TPSA) is 81.4 Å². The van der Waals surface area contributed by atoms with Crippen molar-refractivity contribution in [2.24, 2.45) is 0 Å². The second-order valence-corrected chi connectivity index (χ2v) is 3.55. The highest BCUT2D eigenvalue weighted by Gasteiger charge is 2.09. The number of hydrogen-bond acceptors (Lipinski definition) is 4. The van der Waals surface area contributed by atoms with Crippen LogP contribution in [-0.4, -0.2) is 25.0 Å². The second-order valence-electron chi connectivity index (χ2n) is 3.55. The molecule has 5 heteroatoms. The van der Waals surface area contributed by atoms with E-state index in [2.05, 4.69) is 5.32 Å². The molecule has 0 aliphatic rings. The number of anilines is 1. The van der Waals surface area contributed by atoms with Gasteiger partial charge in [0.05, 0.1) is 5.56 Å². The molecule has 1 aromatic carbocycles. The highest BCUT2D eigenvalue weighted by molar-refractivity contribution is 5.92. The average molecular weight is 236 g/mol. The molecule has 0 bridgehead atoms. The number of nitrogens with one attached hydrogen (secondary N) is 1. The van der Waals surface area contributed by atoms with E-state index in [1.54, 1.807) is 18.2 Å². The molecule has 0 saturated carbocycles. The van der Waals surface area contributed by atoms with E-state index in [0.29, 0.717) is 17.8 Å². The van der Waals surface area contributed by atoms with Crippen LogP contribution in [0.25, 0.3) is 0 Å². The first-order valence-electron chi connectivity index (χ1n) is 5.43. The molecular weight excluding hydrogens is 220 g/mol. The van der Waals surface area contributed by atoms with Gasteiger partial charge in [0.15, 0.2) is 6.61 Å². The number of carbonyl (C=O) groups is 2. The zero-order chi connectivity index (χ0) is 12.7. The summed E-state index contributed by atoms with van der Waals surface area (Å²) < 4.78 is 4.84. The maximum absolute atomic E-state index is 11.5. The van der Waals surface area contributed by atoms with Crippen molar-refractivity contribution < 1.29 is 14.3 Å². The van der Waals surface area contributed by atoms with Gasteiger partial charge in [-0.2, -0.15) is 0 Å². The van der Waals surface area contributed by atoms with Crippen molar-refractivity contribution in [1.29, 1.82) is 0 Å². The van der Waals surface area contributed by atoms with Crippen molar-refractivity contribution in [2.75, 3.05) is 18.9 Å². The SMILES string of the molecule is CCCNC(=O)COC(=O)c1cccc(N)c1. The summed E-state index contributed by atoms with van der Waals surface area (Å²) in [5.41, 5.74) is 6.35. The van der Waals surface area contributed by atoms with E-state index in [1.807, 2.05) is 6.92 Å². The first-order chi connectivity index (χ1) is 8.13. The van der Waals surface area contributed by atoms with Crippen LogP contribution >= 0.6 is 0 Å². The zero-order valence-corrected chi connectivity index (χ0v) is 9.73. The van der Waals surface area contributed by atoms with Crippen molar-refractivity contribution in [1.82, 2.24) is 5.32 Å². The summed E-state index contributed by atoms with van der Waals surface area (Å²) in [6.07, 6.45) is 0.842. The summed E-state index contributed by atoms with van der Waals surface area (Å²) in [5, 5.41) is 2.61. The molecular formula is C12H16N2O3. The Bertz CT molecular complexity index is 404. The molecule has 92 valence electrons. The fourth-order valence-corrected chi connectivity index (χ4v) is 1.20. The van der Waals surface area contributed by atoms with Crippen LogP contribution in [0.2, 0.25) is 0 Å². The normalized spacial score (nSPS) is 9.71. The number of ether oxygens (including phenoxy) is 1. The highest BCUT2D eigenvalue weighted by Crippen LogP contribution is 2.07. The van der Waals surface area contributed by atoms with E-state index >= 15 is 0 Å². The van der Waals surface area contributed by atoms with E-state index in [4.69, 9.17) is 10.5 Å². The van der Waals surface area contributed by atoms with Gasteiger partial charge in [-0.1, -0.05) is 13.0 Å². The summed E-state index contributed by atoms with van der Waals surface area (Å²) in [6.45, 7) is 2.25. The lowest BCUT2D eigenvalue weighted by molar-refractivity contribution is -0.124. The van der Waals surface area contributed by atoms with E-state index in [1.165, 1.54) is 6.07 Å². The van der Waals surface area contributed by atoms with Crippen LogP contribution in [0.1, 0.15) is 23.7 Å². The molecule has 0 spiro atoms. The standard InChI is InChI=1S/C12H16N2O3/c1-2-6-14-11(15)8-17-12(16)9-4-3-5-10(13)7-9/h3-5,7H,2,6,8,13H2,1H3,(H,14,15). The monoisotopic (exact) mass is 236 g/mol. The van der Waals surface area contributed by atoms with Gasteiger partial charge in [-0.25, -0.2) is 4.79 Å². The molecule has 17 heavy (non-hydrogen) atoms. The lowest BCUT2D eigenvalue weighted by Crippen LogP contribution is -2.29. The quantitative estimate of drug-likeness (QED) is 0.589. The van der Waals surface area contributed by atoms with Gasteiger partial charge in [-0.15, -0.1) is 0 Å². The smallest absolute Gasteiger partial charge is 0.338 e. The summed E-state index contributed by atoms with van der Waals surface area (Å²) in [6, 6.07) is 6.42. The van der Waals surface area contributed by atoms with Crippen LogP contribution < -0.4 is 11.1 Å². The number of benzene rings is 1. The van der Waals surface area contributed by atoms with E-state index in [9.17, 15) is 9.59 Å². The van der Waals surface area contributed by atoms with Gasteiger partial charge in [-0.05, 0) is 24.6 Å². The molecule has 1 rings (SSSR count). The van der Waals surface area contributed by atoms with Crippen molar-refractivity contribution in [2.45, 2.75) is 13.3 Å². The molecule has 0 aliphatic carbocycles. The number of amides is 1. The third kappa shape index (κ3) is 4.55. The first-order valence-corrected chi connectivity index (χ1v) is 5.43.